The lowest BCUT2D eigenvalue weighted by atomic mass is 9.92. The second-order valence-electron chi connectivity index (χ2n) is 7.35. The number of anilines is 1. The monoisotopic (exact) mass is 443 g/mol. The van der Waals surface area contributed by atoms with E-state index in [4.69, 9.17) is 0 Å². The quantitative estimate of drug-likeness (QED) is 0.699. The largest absolute Gasteiger partial charge is 0.412 e. The summed E-state index contributed by atoms with van der Waals surface area (Å²) in [5.41, 5.74) is -1.50. The third-order valence-corrected chi connectivity index (χ3v) is 7.02. The molecule has 0 radical (unpaired) electrons. The van der Waals surface area contributed by atoms with Gasteiger partial charge in [-0.1, -0.05) is 36.9 Å². The molecular formula is C20H21F4N3O2S. The van der Waals surface area contributed by atoms with E-state index < -0.39 is 39.4 Å². The molecule has 1 fully saturated rings. The van der Waals surface area contributed by atoms with Crippen molar-refractivity contribution in [3.8, 4) is 0 Å². The van der Waals surface area contributed by atoms with E-state index in [0.717, 1.165) is 10.4 Å². The van der Waals surface area contributed by atoms with E-state index in [0.29, 0.717) is 0 Å². The molecule has 10 heteroatoms. The minimum absolute atomic E-state index is 0.00235. The van der Waals surface area contributed by atoms with Gasteiger partial charge in [0, 0.05) is 18.3 Å². The summed E-state index contributed by atoms with van der Waals surface area (Å²) in [5, 5.41) is 5.26. The average molecular weight is 443 g/mol. The van der Waals surface area contributed by atoms with Crippen LogP contribution < -0.4 is 10.6 Å². The summed E-state index contributed by atoms with van der Waals surface area (Å²) in [6.07, 6.45) is -4.61. The van der Waals surface area contributed by atoms with Gasteiger partial charge in [0.1, 0.15) is 17.7 Å². The third-order valence-electron chi connectivity index (χ3n) is 5.02. The summed E-state index contributed by atoms with van der Waals surface area (Å²) >= 11 is 0. The molecule has 1 heterocycles. The Morgan fingerprint density at radius 1 is 1.20 bits per heavy atom. The van der Waals surface area contributed by atoms with Gasteiger partial charge in [-0.15, -0.1) is 0 Å². The summed E-state index contributed by atoms with van der Waals surface area (Å²) in [4.78, 5) is 0. The first-order chi connectivity index (χ1) is 13.8. The van der Waals surface area contributed by atoms with E-state index in [-0.39, 0.29) is 22.6 Å². The molecule has 0 aromatic heterocycles. The molecule has 1 saturated heterocycles. The fraction of sp³-hybridized carbons (Fsp3) is 0.300. The second-order valence-corrected chi connectivity index (χ2v) is 9.35. The van der Waals surface area contributed by atoms with Crippen molar-refractivity contribution in [2.24, 2.45) is 0 Å². The van der Waals surface area contributed by atoms with Crippen molar-refractivity contribution >= 4 is 15.7 Å². The third kappa shape index (κ3) is 4.23. The van der Waals surface area contributed by atoms with Gasteiger partial charge >= 0.3 is 6.18 Å². The van der Waals surface area contributed by atoms with Gasteiger partial charge < -0.3 is 10.6 Å². The van der Waals surface area contributed by atoms with Crippen molar-refractivity contribution in [2.75, 3.05) is 18.1 Å². The zero-order chi connectivity index (χ0) is 22.3. The van der Waals surface area contributed by atoms with E-state index in [2.05, 4.69) is 17.2 Å². The number of alkyl halides is 3. The van der Waals surface area contributed by atoms with Gasteiger partial charge in [-0.2, -0.15) is 13.2 Å². The number of hydrogen-bond acceptors (Lipinski definition) is 4. The lowest BCUT2D eigenvalue weighted by Crippen LogP contribution is -2.56. The van der Waals surface area contributed by atoms with Gasteiger partial charge in [-0.05, 0) is 30.7 Å². The Morgan fingerprint density at radius 3 is 2.40 bits per heavy atom. The Hall–Kier alpha value is -2.75. The lowest BCUT2D eigenvalue weighted by Gasteiger charge is -2.41. The van der Waals surface area contributed by atoms with E-state index in [1.807, 2.05) is 0 Å². The number of sulfonamides is 1. The molecule has 2 aromatic carbocycles. The highest BCUT2D eigenvalue weighted by atomic mass is 32.2. The highest BCUT2D eigenvalue weighted by Gasteiger charge is 2.43. The molecule has 3 rings (SSSR count). The molecular weight excluding hydrogens is 422 g/mol. The summed E-state index contributed by atoms with van der Waals surface area (Å²) in [6, 6.07) is 8.63. The molecule has 0 saturated carbocycles. The summed E-state index contributed by atoms with van der Waals surface area (Å²) in [7, 11) is -2.47. The molecule has 2 N–H and O–H groups in total. The van der Waals surface area contributed by atoms with Gasteiger partial charge in [0.05, 0.1) is 11.3 Å². The van der Waals surface area contributed by atoms with Crippen molar-refractivity contribution in [1.82, 2.24) is 9.62 Å². The predicted octanol–water partition coefficient (Wildman–Crippen LogP) is 4.09. The minimum atomic E-state index is -4.61. The Morgan fingerprint density at radius 2 is 1.83 bits per heavy atom. The minimum Gasteiger partial charge on any atom is -0.370 e. The molecule has 5 nitrogen and oxygen atoms in total. The topological polar surface area (TPSA) is 61.4 Å². The second kappa shape index (κ2) is 7.50. The number of benzene rings is 2. The fourth-order valence-corrected chi connectivity index (χ4v) is 4.94. The van der Waals surface area contributed by atoms with E-state index in [9.17, 15) is 26.0 Å². The van der Waals surface area contributed by atoms with E-state index >= 15 is 0 Å². The number of nitrogens with one attached hydrogen (secondary N) is 2. The van der Waals surface area contributed by atoms with Gasteiger partial charge in [-0.3, -0.25) is 4.31 Å². The van der Waals surface area contributed by atoms with Gasteiger partial charge in [0.2, 0.25) is 10.0 Å². The summed E-state index contributed by atoms with van der Waals surface area (Å²) < 4.78 is 81.4. The molecule has 0 spiro atoms. The normalized spacial score (nSPS) is 22.3. The van der Waals surface area contributed by atoms with Crippen molar-refractivity contribution in [1.29, 1.82) is 0 Å². The van der Waals surface area contributed by atoms with Crippen molar-refractivity contribution < 1.29 is 26.0 Å². The summed E-state index contributed by atoms with van der Waals surface area (Å²) in [5.74, 6) is -1.19. The van der Waals surface area contributed by atoms with Crippen LogP contribution in [0, 0.1) is 5.82 Å². The first-order valence-corrected chi connectivity index (χ1v) is 10.6. The van der Waals surface area contributed by atoms with Crippen LogP contribution in [0.5, 0.6) is 0 Å². The maximum absolute atomic E-state index is 14.6. The Kier molecular flexibility index (Phi) is 5.48. The van der Waals surface area contributed by atoms with Gasteiger partial charge in [0.15, 0.2) is 0 Å². The molecule has 0 bridgehead atoms. The van der Waals surface area contributed by atoms with Crippen LogP contribution in [0.4, 0.5) is 23.2 Å². The van der Waals surface area contributed by atoms with Crippen LogP contribution in [-0.2, 0) is 15.6 Å². The molecule has 162 valence electrons. The molecule has 0 amide bonds. The van der Waals surface area contributed by atoms with Crippen molar-refractivity contribution in [3.05, 3.63) is 77.9 Å². The molecule has 1 aliphatic heterocycles. The highest BCUT2D eigenvalue weighted by molar-refractivity contribution is 7.89. The number of rotatable bonds is 4. The Balaban J connectivity index is 2.00. The maximum atomic E-state index is 14.6. The van der Waals surface area contributed by atoms with Crippen LogP contribution in [0.2, 0.25) is 0 Å². The number of nitrogens with zero attached hydrogens (tertiary/aromatic N) is 1. The molecule has 30 heavy (non-hydrogen) atoms. The number of hydrogen-bond donors (Lipinski definition) is 2. The van der Waals surface area contributed by atoms with Crippen LogP contribution in [0.3, 0.4) is 0 Å². The van der Waals surface area contributed by atoms with E-state index in [1.54, 1.807) is 6.07 Å². The van der Waals surface area contributed by atoms with Crippen LogP contribution in [0.1, 0.15) is 24.1 Å². The van der Waals surface area contributed by atoms with E-state index in [1.165, 1.54) is 50.4 Å². The first kappa shape index (κ1) is 21.9. The van der Waals surface area contributed by atoms with Crippen LogP contribution >= 0.6 is 0 Å². The SMILES string of the molecule is C=C1N[C@](C)(c2cc(NC(c3ccccc3)C(F)(F)F)ccc2F)CS(=O)(=O)N1C. The Labute approximate surface area is 172 Å². The summed E-state index contributed by atoms with van der Waals surface area (Å²) in [6.45, 7) is 5.09. The average Bonchev–Trinajstić information content (AvgIpc) is 2.64. The zero-order valence-corrected chi connectivity index (χ0v) is 17.1. The van der Waals surface area contributed by atoms with Gasteiger partial charge in [-0.25, -0.2) is 12.8 Å². The maximum Gasteiger partial charge on any atom is 0.412 e. The van der Waals surface area contributed by atoms with Crippen molar-refractivity contribution in [2.45, 2.75) is 24.7 Å². The molecule has 0 aliphatic carbocycles. The predicted molar refractivity (Wildman–Crippen MR) is 106 cm³/mol. The van der Waals surface area contributed by atoms with Crippen LogP contribution in [-0.4, -0.2) is 31.7 Å². The fourth-order valence-electron chi connectivity index (χ4n) is 3.41. The molecule has 1 unspecified atom stereocenters. The first-order valence-electron chi connectivity index (χ1n) is 8.95. The molecule has 2 atom stereocenters. The molecule has 2 aromatic rings. The van der Waals surface area contributed by atoms with Crippen molar-refractivity contribution in [3.63, 3.8) is 0 Å². The van der Waals surface area contributed by atoms with Gasteiger partial charge in [0.25, 0.3) is 0 Å². The zero-order valence-electron chi connectivity index (χ0n) is 16.3. The molecule has 1 aliphatic rings. The highest BCUT2D eigenvalue weighted by Crippen LogP contribution is 2.38. The standard InChI is InChI=1S/C20H21F4N3O2S/c1-13-26-19(2,12-30(28,29)27(13)3)16-11-15(9-10-17(16)21)25-18(20(22,23)24)14-7-5-4-6-8-14/h4-11,18,25-26H,1,12H2,2-3H3/t18?,19-/m0/s1. The number of halogens is 4. The lowest BCUT2D eigenvalue weighted by molar-refractivity contribution is -0.144. The van der Waals surface area contributed by atoms with Crippen LogP contribution in [0.15, 0.2) is 60.9 Å². The van der Waals surface area contributed by atoms with Crippen LogP contribution in [0.25, 0.3) is 0 Å². The smallest absolute Gasteiger partial charge is 0.370 e. The Bertz CT molecular complexity index is 1060.